The van der Waals surface area contributed by atoms with Crippen LogP contribution in [0.5, 0.6) is 0 Å². The van der Waals surface area contributed by atoms with Gasteiger partial charge in [0.15, 0.2) is 0 Å². The fourth-order valence-electron chi connectivity index (χ4n) is 8.17. The molecule has 0 radical (unpaired) electrons. The minimum atomic E-state index is -1.76. The van der Waals surface area contributed by atoms with Crippen molar-refractivity contribution in [1.29, 1.82) is 0 Å². The number of aliphatic hydroxyl groups is 2. The topological polar surface area (TPSA) is 58.9 Å². The van der Waals surface area contributed by atoms with E-state index in [9.17, 15) is 10.2 Å². The molecule has 0 aromatic heterocycles. The molecule has 1 aliphatic rings. The third-order valence-electron chi connectivity index (χ3n) is 10.4. The molecular weight excluding hydrogens is 723 g/mol. The van der Waals surface area contributed by atoms with Crippen LogP contribution in [0.15, 0.2) is 170 Å². The Hall–Kier alpha value is -4.07. The van der Waals surface area contributed by atoms with E-state index in [0.717, 1.165) is 43.1 Å². The first-order valence-corrected chi connectivity index (χ1v) is 21.4. The summed E-state index contributed by atoms with van der Waals surface area (Å²) in [5.41, 5.74) is -0.791. The van der Waals surface area contributed by atoms with Gasteiger partial charge in [0.25, 0.3) is 0 Å². The van der Waals surface area contributed by atoms with Crippen molar-refractivity contribution in [2.75, 3.05) is 6.79 Å². The van der Waals surface area contributed by atoms with Crippen LogP contribution in [0.2, 0.25) is 0 Å². The van der Waals surface area contributed by atoms with Crippen LogP contribution in [0, 0.1) is 0 Å². The van der Waals surface area contributed by atoms with E-state index in [0.29, 0.717) is 22.3 Å². The molecule has 256 valence electrons. The molecular formula is C45H34Cl2O4Ti. The van der Waals surface area contributed by atoms with Crippen molar-refractivity contribution in [3.05, 3.63) is 192 Å². The van der Waals surface area contributed by atoms with Gasteiger partial charge in [-0.25, -0.2) is 0 Å². The molecule has 52 heavy (non-hydrogen) atoms. The summed E-state index contributed by atoms with van der Waals surface area (Å²) in [7, 11) is 9.78. The van der Waals surface area contributed by atoms with Gasteiger partial charge >= 0.3 is 35.6 Å². The van der Waals surface area contributed by atoms with Crippen molar-refractivity contribution >= 4 is 61.7 Å². The molecule has 9 rings (SSSR count). The average molecular weight is 758 g/mol. The molecule has 0 aliphatic carbocycles. The molecule has 1 aliphatic heterocycles. The second-order valence-corrected chi connectivity index (χ2v) is 15.6. The summed E-state index contributed by atoms with van der Waals surface area (Å²) in [4.78, 5) is 0. The van der Waals surface area contributed by atoms with Gasteiger partial charge in [-0.1, -0.05) is 170 Å². The average Bonchev–Trinajstić information content (AvgIpc) is 3.71. The van der Waals surface area contributed by atoms with Crippen LogP contribution in [-0.2, 0) is 37.7 Å². The first-order chi connectivity index (χ1) is 25.5. The predicted octanol–water partition coefficient (Wildman–Crippen LogP) is 10.6. The van der Waals surface area contributed by atoms with Crippen LogP contribution in [0.25, 0.3) is 43.1 Å². The van der Waals surface area contributed by atoms with Crippen molar-refractivity contribution < 1.29 is 36.7 Å². The van der Waals surface area contributed by atoms with Gasteiger partial charge in [-0.05, 0) is 65.3 Å². The molecule has 0 bridgehead atoms. The Morgan fingerprint density at radius 1 is 0.404 bits per heavy atom. The summed E-state index contributed by atoms with van der Waals surface area (Å²) in [5, 5.41) is 35.1. The number of hydrogen-bond donors (Lipinski definition) is 2. The molecule has 1 saturated heterocycles. The van der Waals surface area contributed by atoms with Crippen LogP contribution >= 0.6 is 18.6 Å². The second kappa shape index (κ2) is 14.8. The fourth-order valence-corrected chi connectivity index (χ4v) is 8.17. The van der Waals surface area contributed by atoms with E-state index in [1.165, 1.54) is 0 Å². The number of ether oxygens (including phenoxy) is 2. The molecule has 0 saturated carbocycles. The monoisotopic (exact) mass is 756 g/mol. The molecule has 8 aromatic rings. The summed E-state index contributed by atoms with van der Waals surface area (Å²) in [6.07, 6.45) is -2.07. The Morgan fingerprint density at radius 3 is 0.904 bits per heavy atom. The maximum atomic E-state index is 13.8. The number of halogens is 2. The first kappa shape index (κ1) is 35.0. The Bertz CT molecular complexity index is 2180. The van der Waals surface area contributed by atoms with Crippen molar-refractivity contribution in [2.24, 2.45) is 0 Å². The zero-order valence-electron chi connectivity index (χ0n) is 28.0. The van der Waals surface area contributed by atoms with Gasteiger partial charge in [-0.2, -0.15) is 0 Å². The number of benzene rings is 8. The molecule has 8 aromatic carbocycles. The molecule has 2 N–H and O–H groups in total. The third kappa shape index (κ3) is 5.85. The molecule has 0 amide bonds. The van der Waals surface area contributed by atoms with Crippen LogP contribution in [-0.4, -0.2) is 29.2 Å². The summed E-state index contributed by atoms with van der Waals surface area (Å²) >= 11 is -0.556. The minimum absolute atomic E-state index is 0.106. The third-order valence-corrected chi connectivity index (χ3v) is 10.4. The summed E-state index contributed by atoms with van der Waals surface area (Å²) in [6, 6.07) is 56.3. The van der Waals surface area contributed by atoms with E-state index in [2.05, 4.69) is 0 Å². The predicted molar refractivity (Wildman–Crippen MR) is 208 cm³/mol. The van der Waals surface area contributed by atoms with E-state index in [1.807, 2.05) is 170 Å². The van der Waals surface area contributed by atoms with Crippen molar-refractivity contribution in [3.8, 4) is 0 Å². The number of hydrogen-bond acceptors (Lipinski definition) is 4. The Labute approximate surface area is 318 Å². The summed E-state index contributed by atoms with van der Waals surface area (Å²) in [6.45, 7) is -0.106. The molecule has 0 unspecified atom stereocenters. The molecule has 4 nitrogen and oxygen atoms in total. The number of fused-ring (bicyclic) bond motifs is 4. The van der Waals surface area contributed by atoms with E-state index < -0.39 is 40.4 Å². The summed E-state index contributed by atoms with van der Waals surface area (Å²) in [5.74, 6) is 0. The number of rotatable bonds is 6. The van der Waals surface area contributed by atoms with Crippen LogP contribution in [0.1, 0.15) is 22.3 Å². The molecule has 1 heterocycles. The van der Waals surface area contributed by atoms with E-state index >= 15 is 0 Å². The van der Waals surface area contributed by atoms with E-state index in [-0.39, 0.29) is 6.79 Å². The first-order valence-electron chi connectivity index (χ1n) is 17.1. The van der Waals surface area contributed by atoms with E-state index in [1.54, 1.807) is 0 Å². The maximum absolute atomic E-state index is 13.8. The second-order valence-electron chi connectivity index (χ2n) is 13.0. The Kier molecular flexibility index (Phi) is 9.93. The van der Waals surface area contributed by atoms with Crippen LogP contribution in [0.3, 0.4) is 0 Å². The van der Waals surface area contributed by atoms with Crippen molar-refractivity contribution in [1.82, 2.24) is 0 Å². The van der Waals surface area contributed by atoms with Crippen LogP contribution < -0.4 is 0 Å². The molecule has 2 atom stereocenters. The molecule has 7 heteroatoms. The molecule has 0 spiro atoms. The van der Waals surface area contributed by atoms with Gasteiger partial charge < -0.3 is 19.7 Å². The van der Waals surface area contributed by atoms with Gasteiger partial charge in [0.1, 0.15) is 30.2 Å². The van der Waals surface area contributed by atoms with Gasteiger partial charge in [-0.15, -0.1) is 0 Å². The fraction of sp³-hybridized carbons (Fsp3) is 0.111. The van der Waals surface area contributed by atoms with E-state index in [4.69, 9.17) is 28.1 Å². The normalized spacial score (nSPS) is 16.2. The van der Waals surface area contributed by atoms with Crippen molar-refractivity contribution in [2.45, 2.75) is 23.4 Å². The molecule has 1 fully saturated rings. The van der Waals surface area contributed by atoms with Crippen LogP contribution in [0.4, 0.5) is 0 Å². The Balaban J connectivity index is 0.00000125. The van der Waals surface area contributed by atoms with Gasteiger partial charge in [0.05, 0.1) is 0 Å². The van der Waals surface area contributed by atoms with Gasteiger partial charge in [0, 0.05) is 0 Å². The van der Waals surface area contributed by atoms with Crippen molar-refractivity contribution in [3.63, 3.8) is 0 Å². The van der Waals surface area contributed by atoms with Gasteiger partial charge in [-0.3, -0.25) is 0 Å². The summed E-state index contributed by atoms with van der Waals surface area (Å²) < 4.78 is 13.2. The van der Waals surface area contributed by atoms with Gasteiger partial charge in [0.2, 0.25) is 0 Å². The standard InChI is InChI=1S/C45H34O4.2ClH.Ti/c46-44(38-25-9-17-30-13-1-5-21-34(30)38,39-26-10-18-31-14-2-6-22-35(31)39)42-43(49-29-48-42)45(47,40-27-11-19-32-15-3-7-23-36(32)40)41-28-12-20-33-16-4-8-24-37(33)41;;;/h1-28,42-43,46-47H,29H2;2*1H;/q;;;+2/p-2/t42-,43-;;;/m1.../s1. The Morgan fingerprint density at radius 2 is 0.635 bits per heavy atom. The SMILES string of the molecule is OC(c1cccc2ccccc12)(c1cccc2ccccc12)[C@@H]1OCO[C@H]1C(O)(c1cccc2ccccc12)c1cccc2ccccc12.[Cl][Ti][Cl]. The quantitative estimate of drug-likeness (QED) is 0.166. The zero-order valence-corrected chi connectivity index (χ0v) is 31.1. The zero-order chi connectivity index (χ0) is 35.7.